The lowest BCUT2D eigenvalue weighted by Gasteiger charge is -2.03. The second-order valence-corrected chi connectivity index (χ2v) is 4.55. The van der Waals surface area contributed by atoms with Crippen molar-refractivity contribution < 1.29 is 13.9 Å². The molecule has 5 heteroatoms. The molecule has 0 aliphatic carbocycles. The third-order valence-electron chi connectivity index (χ3n) is 3.32. The number of rotatable bonds is 2. The van der Waals surface area contributed by atoms with Crippen molar-refractivity contribution in [3.05, 3.63) is 48.3 Å². The lowest BCUT2D eigenvalue weighted by molar-refractivity contribution is 0.137. The number of halogens is 2. The highest BCUT2D eigenvalue weighted by Crippen LogP contribution is 2.31. The van der Waals surface area contributed by atoms with E-state index in [0.29, 0.717) is 11.0 Å². The first-order valence-electron chi connectivity index (χ1n) is 6.11. The fourth-order valence-electron chi connectivity index (χ4n) is 2.30. The smallest absolute Gasteiger partial charge is 0.295 e. The standard InChI is InChI=1S/C15H12F2N2O/c1-19-12-4-2-3-11(9-5-7-10(20)8-6-9)13(12)18-15(19)14(16)17/h2-8,14,20H,1H3. The summed E-state index contributed by atoms with van der Waals surface area (Å²) in [5, 5.41) is 9.32. The number of fused-ring (bicyclic) bond motifs is 1. The first kappa shape index (κ1) is 12.6. The predicted molar refractivity (Wildman–Crippen MR) is 72.8 cm³/mol. The number of hydrogen-bond acceptors (Lipinski definition) is 2. The molecule has 0 fully saturated rings. The average Bonchev–Trinajstić information content (AvgIpc) is 2.78. The monoisotopic (exact) mass is 274 g/mol. The minimum atomic E-state index is -2.61. The van der Waals surface area contributed by atoms with Crippen molar-refractivity contribution in [1.82, 2.24) is 9.55 Å². The van der Waals surface area contributed by atoms with Crippen LogP contribution in [0.5, 0.6) is 5.75 Å². The summed E-state index contributed by atoms with van der Waals surface area (Å²) in [5.41, 5.74) is 2.79. The second kappa shape index (κ2) is 4.59. The molecule has 2 aromatic carbocycles. The van der Waals surface area contributed by atoms with E-state index in [2.05, 4.69) is 4.98 Å². The Morgan fingerprint density at radius 1 is 1.10 bits per heavy atom. The zero-order chi connectivity index (χ0) is 14.3. The molecule has 3 nitrogen and oxygen atoms in total. The summed E-state index contributed by atoms with van der Waals surface area (Å²) in [6.45, 7) is 0. The van der Waals surface area contributed by atoms with Crippen LogP contribution in [-0.4, -0.2) is 14.7 Å². The zero-order valence-electron chi connectivity index (χ0n) is 10.7. The molecule has 1 aromatic heterocycles. The Labute approximate surface area is 114 Å². The lowest BCUT2D eigenvalue weighted by atomic mass is 10.0. The van der Waals surface area contributed by atoms with Crippen LogP contribution in [0.15, 0.2) is 42.5 Å². The van der Waals surface area contributed by atoms with E-state index in [1.807, 2.05) is 6.07 Å². The van der Waals surface area contributed by atoms with Crippen LogP contribution in [0, 0.1) is 0 Å². The molecule has 0 aliphatic rings. The summed E-state index contributed by atoms with van der Waals surface area (Å²) >= 11 is 0. The second-order valence-electron chi connectivity index (χ2n) is 4.55. The highest BCUT2D eigenvalue weighted by molar-refractivity contribution is 5.92. The van der Waals surface area contributed by atoms with E-state index in [1.54, 1.807) is 43.4 Å². The van der Waals surface area contributed by atoms with Gasteiger partial charge < -0.3 is 9.67 Å². The normalized spacial score (nSPS) is 11.4. The van der Waals surface area contributed by atoms with Crippen molar-refractivity contribution in [2.24, 2.45) is 7.05 Å². The van der Waals surface area contributed by atoms with Gasteiger partial charge in [-0.1, -0.05) is 24.3 Å². The summed E-state index contributed by atoms with van der Waals surface area (Å²) in [6.07, 6.45) is -2.61. The maximum absolute atomic E-state index is 12.9. The fourth-order valence-corrected chi connectivity index (χ4v) is 2.30. The topological polar surface area (TPSA) is 38.0 Å². The summed E-state index contributed by atoms with van der Waals surface area (Å²) in [7, 11) is 1.58. The molecule has 0 spiro atoms. The molecule has 20 heavy (non-hydrogen) atoms. The molecular formula is C15H12F2N2O. The van der Waals surface area contributed by atoms with Gasteiger partial charge in [0.1, 0.15) is 5.75 Å². The number of para-hydroxylation sites is 1. The molecule has 1 heterocycles. The molecule has 3 aromatic rings. The molecule has 0 radical (unpaired) electrons. The van der Waals surface area contributed by atoms with Gasteiger partial charge in [0, 0.05) is 12.6 Å². The number of alkyl halides is 2. The van der Waals surface area contributed by atoms with Crippen molar-refractivity contribution >= 4 is 11.0 Å². The molecule has 0 saturated heterocycles. The Hall–Kier alpha value is -2.43. The first-order valence-corrected chi connectivity index (χ1v) is 6.11. The van der Waals surface area contributed by atoms with Gasteiger partial charge in [0.15, 0.2) is 5.82 Å². The van der Waals surface area contributed by atoms with E-state index in [9.17, 15) is 13.9 Å². The number of phenols is 1. The number of aromatic nitrogens is 2. The molecule has 102 valence electrons. The third-order valence-corrected chi connectivity index (χ3v) is 3.32. The number of benzene rings is 2. The highest BCUT2D eigenvalue weighted by atomic mass is 19.3. The molecule has 3 rings (SSSR count). The van der Waals surface area contributed by atoms with Gasteiger partial charge >= 0.3 is 0 Å². The lowest BCUT2D eigenvalue weighted by Crippen LogP contribution is -1.97. The van der Waals surface area contributed by atoms with E-state index < -0.39 is 6.43 Å². The van der Waals surface area contributed by atoms with E-state index >= 15 is 0 Å². The SMILES string of the molecule is Cn1c(C(F)F)nc2c(-c3ccc(O)cc3)cccc21. The molecule has 0 bridgehead atoms. The zero-order valence-corrected chi connectivity index (χ0v) is 10.7. The van der Waals surface area contributed by atoms with Gasteiger partial charge in [0.05, 0.1) is 11.0 Å². The van der Waals surface area contributed by atoms with Crippen LogP contribution < -0.4 is 0 Å². The van der Waals surface area contributed by atoms with Crippen LogP contribution in [0.2, 0.25) is 0 Å². The maximum atomic E-state index is 12.9. The van der Waals surface area contributed by atoms with Gasteiger partial charge in [0.2, 0.25) is 0 Å². The summed E-state index contributed by atoms with van der Waals surface area (Å²) in [4.78, 5) is 4.06. The van der Waals surface area contributed by atoms with Crippen LogP contribution in [0.4, 0.5) is 8.78 Å². The van der Waals surface area contributed by atoms with Crippen LogP contribution in [0.3, 0.4) is 0 Å². The Bertz CT molecular complexity index is 763. The number of phenolic OH excluding ortho intramolecular Hbond substituents is 1. The van der Waals surface area contributed by atoms with Gasteiger partial charge in [-0.05, 0) is 23.8 Å². The molecule has 1 N–H and O–H groups in total. The van der Waals surface area contributed by atoms with E-state index in [4.69, 9.17) is 0 Å². The van der Waals surface area contributed by atoms with E-state index in [1.165, 1.54) is 4.57 Å². The molecular weight excluding hydrogens is 262 g/mol. The van der Waals surface area contributed by atoms with Crippen LogP contribution in [-0.2, 0) is 7.05 Å². The maximum Gasteiger partial charge on any atom is 0.295 e. The number of hydrogen-bond donors (Lipinski definition) is 1. The van der Waals surface area contributed by atoms with Crippen LogP contribution in [0.25, 0.3) is 22.2 Å². The number of imidazole rings is 1. The number of nitrogens with zero attached hydrogens (tertiary/aromatic N) is 2. The van der Waals surface area contributed by atoms with Gasteiger partial charge in [-0.2, -0.15) is 0 Å². The molecule has 0 unspecified atom stereocenters. The quantitative estimate of drug-likeness (QED) is 0.770. The third kappa shape index (κ3) is 1.91. The molecule has 0 saturated carbocycles. The van der Waals surface area contributed by atoms with E-state index in [-0.39, 0.29) is 11.6 Å². The molecule has 0 atom stereocenters. The minimum absolute atomic E-state index is 0.162. The average molecular weight is 274 g/mol. The Morgan fingerprint density at radius 2 is 1.80 bits per heavy atom. The predicted octanol–water partition coefficient (Wildman–Crippen LogP) is 3.88. The minimum Gasteiger partial charge on any atom is -0.508 e. The van der Waals surface area contributed by atoms with Gasteiger partial charge in [0.25, 0.3) is 6.43 Å². The van der Waals surface area contributed by atoms with Crippen LogP contribution in [0.1, 0.15) is 12.2 Å². The van der Waals surface area contributed by atoms with Crippen molar-refractivity contribution in [3.63, 3.8) is 0 Å². The Morgan fingerprint density at radius 3 is 2.45 bits per heavy atom. The summed E-state index contributed by atoms with van der Waals surface area (Å²) in [5.74, 6) is -0.0820. The summed E-state index contributed by atoms with van der Waals surface area (Å²) in [6, 6.07) is 12.0. The number of aryl methyl sites for hydroxylation is 1. The van der Waals surface area contributed by atoms with E-state index in [0.717, 1.165) is 11.1 Å². The molecule has 0 aliphatic heterocycles. The van der Waals surface area contributed by atoms with Gasteiger partial charge in [-0.15, -0.1) is 0 Å². The highest BCUT2D eigenvalue weighted by Gasteiger charge is 2.18. The van der Waals surface area contributed by atoms with Crippen molar-refractivity contribution in [2.45, 2.75) is 6.43 Å². The largest absolute Gasteiger partial charge is 0.508 e. The molecule has 0 amide bonds. The Balaban J connectivity index is 2.26. The van der Waals surface area contributed by atoms with Crippen molar-refractivity contribution in [2.75, 3.05) is 0 Å². The van der Waals surface area contributed by atoms with Crippen LogP contribution >= 0.6 is 0 Å². The van der Waals surface area contributed by atoms with Gasteiger partial charge in [-0.25, -0.2) is 13.8 Å². The van der Waals surface area contributed by atoms with Crippen molar-refractivity contribution in [1.29, 1.82) is 0 Å². The first-order chi connectivity index (χ1) is 9.58. The van der Waals surface area contributed by atoms with Crippen molar-refractivity contribution in [3.8, 4) is 16.9 Å². The summed E-state index contributed by atoms with van der Waals surface area (Å²) < 4.78 is 27.3. The van der Waals surface area contributed by atoms with Gasteiger partial charge in [-0.3, -0.25) is 0 Å². The Kier molecular flexibility index (Phi) is 2.89. The number of aromatic hydroxyl groups is 1. The fraction of sp³-hybridized carbons (Fsp3) is 0.133.